The van der Waals surface area contributed by atoms with Crippen LogP contribution in [0.15, 0.2) is 23.6 Å². The average molecular weight is 307 g/mol. The number of benzene rings is 1. The van der Waals surface area contributed by atoms with Crippen molar-refractivity contribution in [2.45, 2.75) is 13.0 Å². The van der Waals surface area contributed by atoms with E-state index in [2.05, 4.69) is 10.3 Å². The van der Waals surface area contributed by atoms with Crippen molar-refractivity contribution in [2.75, 3.05) is 5.32 Å². The number of amides is 1. The standard InChI is InChI=1S/C13H13N3O4S/c1-6(14)12-16-10(5-21-12)11(18)15-9-3-2-7(17)4-8(9)13(19)20/h2-6,17H,14H2,1H3,(H,15,18)(H,19,20). The predicted octanol–water partition coefficient (Wildman–Crippen LogP) is 1.82. The van der Waals surface area contributed by atoms with Gasteiger partial charge in [0.1, 0.15) is 16.5 Å². The lowest BCUT2D eigenvalue weighted by Gasteiger charge is -2.07. The number of carbonyl (C=O) groups excluding carboxylic acids is 1. The summed E-state index contributed by atoms with van der Waals surface area (Å²) >= 11 is 1.26. The van der Waals surface area contributed by atoms with Crippen molar-refractivity contribution in [3.05, 3.63) is 39.8 Å². The van der Waals surface area contributed by atoms with E-state index in [1.165, 1.54) is 23.5 Å². The number of carboxylic acid groups (broad SMARTS) is 1. The van der Waals surface area contributed by atoms with Gasteiger partial charge in [0, 0.05) is 5.38 Å². The molecule has 1 aromatic carbocycles. The maximum atomic E-state index is 12.0. The van der Waals surface area contributed by atoms with Gasteiger partial charge in [0.25, 0.3) is 5.91 Å². The van der Waals surface area contributed by atoms with Crippen LogP contribution in [0.1, 0.15) is 38.8 Å². The highest BCUT2D eigenvalue weighted by Gasteiger charge is 2.17. The summed E-state index contributed by atoms with van der Waals surface area (Å²) in [5.41, 5.74) is 5.72. The first kappa shape index (κ1) is 14.9. The van der Waals surface area contributed by atoms with Crippen molar-refractivity contribution >= 4 is 28.9 Å². The zero-order chi connectivity index (χ0) is 15.6. The van der Waals surface area contributed by atoms with Crippen LogP contribution in [-0.2, 0) is 0 Å². The quantitative estimate of drug-likeness (QED) is 0.638. The number of nitrogens with zero attached hydrogens (tertiary/aromatic N) is 1. The molecule has 2 aromatic rings. The molecule has 0 aliphatic carbocycles. The Morgan fingerprint density at radius 1 is 1.43 bits per heavy atom. The summed E-state index contributed by atoms with van der Waals surface area (Å²) in [6.45, 7) is 1.75. The highest BCUT2D eigenvalue weighted by molar-refractivity contribution is 7.09. The minimum absolute atomic E-state index is 0.0839. The molecule has 5 N–H and O–H groups in total. The summed E-state index contributed by atoms with van der Waals surface area (Å²) in [7, 11) is 0. The summed E-state index contributed by atoms with van der Waals surface area (Å²) < 4.78 is 0. The number of nitrogens with two attached hydrogens (primary N) is 1. The van der Waals surface area contributed by atoms with E-state index in [-0.39, 0.29) is 28.7 Å². The number of phenols is 1. The van der Waals surface area contributed by atoms with Gasteiger partial charge in [-0.05, 0) is 25.1 Å². The molecule has 0 saturated carbocycles. The Morgan fingerprint density at radius 3 is 2.71 bits per heavy atom. The molecule has 0 spiro atoms. The number of phenolic OH excluding ortho intramolecular Hbond substituents is 1. The number of aromatic hydroxyl groups is 1. The second-order valence-corrected chi connectivity index (χ2v) is 5.24. The zero-order valence-corrected chi connectivity index (χ0v) is 11.8. The normalized spacial score (nSPS) is 11.9. The Hall–Kier alpha value is -2.45. The van der Waals surface area contributed by atoms with Gasteiger partial charge < -0.3 is 21.3 Å². The SMILES string of the molecule is CC(N)c1nc(C(=O)Nc2ccc(O)cc2C(=O)O)cs1. The van der Waals surface area contributed by atoms with Gasteiger partial charge in [-0.15, -0.1) is 11.3 Å². The Morgan fingerprint density at radius 2 is 2.14 bits per heavy atom. The van der Waals surface area contributed by atoms with Crippen molar-refractivity contribution < 1.29 is 19.8 Å². The summed E-state index contributed by atoms with van der Waals surface area (Å²) in [6.07, 6.45) is 0. The molecule has 1 heterocycles. The van der Waals surface area contributed by atoms with Crippen molar-refractivity contribution in [3.63, 3.8) is 0 Å². The fraction of sp³-hybridized carbons (Fsp3) is 0.154. The van der Waals surface area contributed by atoms with E-state index in [1.54, 1.807) is 12.3 Å². The lowest BCUT2D eigenvalue weighted by molar-refractivity contribution is 0.0697. The molecule has 2 rings (SSSR count). The van der Waals surface area contributed by atoms with Crippen molar-refractivity contribution in [1.82, 2.24) is 4.98 Å². The number of thiazole rings is 1. The first-order valence-corrected chi connectivity index (χ1v) is 6.85. The van der Waals surface area contributed by atoms with Crippen LogP contribution in [0.2, 0.25) is 0 Å². The highest BCUT2D eigenvalue weighted by Crippen LogP contribution is 2.23. The van der Waals surface area contributed by atoms with Crippen molar-refractivity contribution in [3.8, 4) is 5.75 Å². The minimum Gasteiger partial charge on any atom is -0.508 e. The number of hydrogen-bond donors (Lipinski definition) is 4. The molecule has 1 aromatic heterocycles. The average Bonchev–Trinajstić information content (AvgIpc) is 2.90. The maximum absolute atomic E-state index is 12.0. The molecule has 1 unspecified atom stereocenters. The molecule has 1 atom stereocenters. The van der Waals surface area contributed by atoms with Crippen molar-refractivity contribution in [2.24, 2.45) is 5.73 Å². The fourth-order valence-electron chi connectivity index (χ4n) is 1.61. The summed E-state index contributed by atoms with van der Waals surface area (Å²) in [5.74, 6) is -1.99. The van der Waals surface area contributed by atoms with Crippen LogP contribution >= 0.6 is 11.3 Å². The number of anilines is 1. The lowest BCUT2D eigenvalue weighted by Crippen LogP contribution is -2.15. The molecular weight excluding hydrogens is 294 g/mol. The maximum Gasteiger partial charge on any atom is 0.337 e. The van der Waals surface area contributed by atoms with E-state index in [0.29, 0.717) is 5.01 Å². The summed E-state index contributed by atoms with van der Waals surface area (Å²) in [5, 5.41) is 23.0. The zero-order valence-electron chi connectivity index (χ0n) is 11.0. The topological polar surface area (TPSA) is 126 Å². The Balaban J connectivity index is 2.25. The van der Waals surface area contributed by atoms with Crippen LogP contribution in [0.25, 0.3) is 0 Å². The molecule has 0 bridgehead atoms. The molecule has 7 nitrogen and oxygen atoms in total. The first-order valence-electron chi connectivity index (χ1n) is 5.97. The molecule has 0 aliphatic rings. The largest absolute Gasteiger partial charge is 0.508 e. The number of aromatic carboxylic acids is 1. The number of aromatic nitrogens is 1. The van der Waals surface area contributed by atoms with Gasteiger partial charge in [-0.25, -0.2) is 9.78 Å². The molecule has 110 valence electrons. The highest BCUT2D eigenvalue weighted by atomic mass is 32.1. The van der Waals surface area contributed by atoms with Gasteiger partial charge in [-0.1, -0.05) is 0 Å². The summed E-state index contributed by atoms with van der Waals surface area (Å²) in [4.78, 5) is 27.2. The monoisotopic (exact) mass is 307 g/mol. The van der Waals surface area contributed by atoms with Crippen LogP contribution in [0, 0.1) is 0 Å². The second-order valence-electron chi connectivity index (χ2n) is 4.35. The van der Waals surface area contributed by atoms with Crippen molar-refractivity contribution in [1.29, 1.82) is 0 Å². The van der Waals surface area contributed by atoms with Crippen LogP contribution in [-0.4, -0.2) is 27.1 Å². The number of nitrogens with one attached hydrogen (secondary N) is 1. The molecule has 8 heteroatoms. The van der Waals surface area contributed by atoms with Crippen LogP contribution in [0.4, 0.5) is 5.69 Å². The second kappa shape index (κ2) is 5.90. The fourth-order valence-corrected chi connectivity index (χ4v) is 2.36. The molecule has 21 heavy (non-hydrogen) atoms. The van der Waals surface area contributed by atoms with E-state index in [0.717, 1.165) is 6.07 Å². The number of hydrogen-bond acceptors (Lipinski definition) is 6. The third kappa shape index (κ3) is 3.36. The predicted molar refractivity (Wildman–Crippen MR) is 77.7 cm³/mol. The Kier molecular flexibility index (Phi) is 4.20. The van der Waals surface area contributed by atoms with E-state index >= 15 is 0 Å². The third-order valence-corrected chi connectivity index (χ3v) is 3.67. The Labute approximate surface area is 124 Å². The van der Waals surface area contributed by atoms with Gasteiger partial charge in [0.05, 0.1) is 17.3 Å². The van der Waals surface area contributed by atoms with Gasteiger partial charge in [-0.2, -0.15) is 0 Å². The third-order valence-electron chi connectivity index (χ3n) is 2.63. The molecule has 1 amide bonds. The van der Waals surface area contributed by atoms with Crippen LogP contribution in [0.5, 0.6) is 5.75 Å². The van der Waals surface area contributed by atoms with Gasteiger partial charge >= 0.3 is 5.97 Å². The summed E-state index contributed by atoms with van der Waals surface area (Å²) in [6, 6.07) is 3.39. The molecule has 0 fully saturated rings. The first-order chi connectivity index (χ1) is 9.88. The van der Waals surface area contributed by atoms with E-state index < -0.39 is 11.9 Å². The molecule has 0 aliphatic heterocycles. The molecular formula is C13H13N3O4S. The van der Waals surface area contributed by atoms with E-state index in [4.69, 9.17) is 10.8 Å². The van der Waals surface area contributed by atoms with Gasteiger partial charge in [0.2, 0.25) is 0 Å². The number of rotatable bonds is 4. The smallest absolute Gasteiger partial charge is 0.337 e. The molecule has 0 saturated heterocycles. The van der Waals surface area contributed by atoms with E-state index in [1.807, 2.05) is 0 Å². The number of carbonyl (C=O) groups is 2. The van der Waals surface area contributed by atoms with Gasteiger partial charge in [-0.3, -0.25) is 4.79 Å². The Bertz CT molecular complexity index is 696. The van der Waals surface area contributed by atoms with Gasteiger partial charge in [0.15, 0.2) is 0 Å². The minimum atomic E-state index is -1.25. The van der Waals surface area contributed by atoms with Crippen LogP contribution in [0.3, 0.4) is 0 Å². The lowest BCUT2D eigenvalue weighted by atomic mass is 10.1. The number of carboxylic acids is 1. The van der Waals surface area contributed by atoms with E-state index in [9.17, 15) is 14.7 Å². The van der Waals surface area contributed by atoms with Crippen LogP contribution < -0.4 is 11.1 Å². The molecule has 0 radical (unpaired) electrons.